The zero-order valence-corrected chi connectivity index (χ0v) is 14.8. The molecule has 0 spiro atoms. The van der Waals surface area contributed by atoms with Crippen LogP contribution in [-0.4, -0.2) is 25.4 Å². The smallest absolute Gasteiger partial charge is 0.141 e. The highest BCUT2D eigenvalue weighted by Crippen LogP contribution is 2.42. The molecule has 1 aliphatic heterocycles. The van der Waals surface area contributed by atoms with E-state index in [1.54, 1.807) is 0 Å². The van der Waals surface area contributed by atoms with E-state index < -0.39 is 0 Å². The molecule has 1 aromatic carbocycles. The molecule has 22 heavy (non-hydrogen) atoms. The molecule has 1 aromatic rings. The van der Waals surface area contributed by atoms with E-state index in [0.717, 1.165) is 25.0 Å². The summed E-state index contributed by atoms with van der Waals surface area (Å²) in [7, 11) is 0. The Labute approximate surface area is 138 Å². The van der Waals surface area contributed by atoms with Crippen LogP contribution in [0.5, 0.6) is 11.5 Å². The molecule has 0 aliphatic carbocycles. The first-order valence-electron chi connectivity index (χ1n) is 8.38. The Bertz CT molecular complexity index is 489. The lowest BCUT2D eigenvalue weighted by Gasteiger charge is -2.20. The second-order valence-corrected chi connectivity index (χ2v) is 6.06. The fourth-order valence-electron chi connectivity index (χ4n) is 2.96. The van der Waals surface area contributed by atoms with E-state index in [-0.39, 0.29) is 0 Å². The summed E-state index contributed by atoms with van der Waals surface area (Å²) >= 11 is 6.38. The zero-order valence-electron chi connectivity index (χ0n) is 14.0. The SMILES string of the molecule is CCOc1cc(OCC)c(C(CC)CC2OC2CC)cc1Cl. The third-order valence-corrected chi connectivity index (χ3v) is 4.50. The Hall–Kier alpha value is -0.930. The van der Waals surface area contributed by atoms with Gasteiger partial charge in [-0.3, -0.25) is 0 Å². The molecule has 0 radical (unpaired) electrons. The first-order chi connectivity index (χ1) is 10.6. The Morgan fingerprint density at radius 1 is 1.05 bits per heavy atom. The number of hydrogen-bond acceptors (Lipinski definition) is 3. The lowest BCUT2D eigenvalue weighted by Crippen LogP contribution is -2.07. The molecule has 4 heteroatoms. The summed E-state index contributed by atoms with van der Waals surface area (Å²) in [4.78, 5) is 0. The Morgan fingerprint density at radius 3 is 2.27 bits per heavy atom. The normalized spacial score (nSPS) is 21.5. The van der Waals surface area contributed by atoms with Crippen LogP contribution in [0.25, 0.3) is 0 Å². The molecule has 1 saturated heterocycles. The molecule has 0 amide bonds. The van der Waals surface area contributed by atoms with Gasteiger partial charge in [-0.2, -0.15) is 0 Å². The monoisotopic (exact) mass is 326 g/mol. The molecule has 1 heterocycles. The van der Waals surface area contributed by atoms with Gasteiger partial charge in [-0.15, -0.1) is 0 Å². The van der Waals surface area contributed by atoms with Gasteiger partial charge in [0, 0.05) is 6.07 Å². The predicted molar refractivity (Wildman–Crippen MR) is 90.4 cm³/mol. The van der Waals surface area contributed by atoms with E-state index in [2.05, 4.69) is 13.8 Å². The highest BCUT2D eigenvalue weighted by molar-refractivity contribution is 6.32. The topological polar surface area (TPSA) is 31.0 Å². The first kappa shape index (κ1) is 17.4. The van der Waals surface area contributed by atoms with Crippen LogP contribution < -0.4 is 9.47 Å². The first-order valence-corrected chi connectivity index (χ1v) is 8.76. The van der Waals surface area contributed by atoms with Crippen molar-refractivity contribution < 1.29 is 14.2 Å². The standard InChI is InChI=1S/C18H27ClO3/c1-5-12(9-18-15(6-2)22-18)13-10-14(19)17(21-8-4)11-16(13)20-7-3/h10-12,15,18H,5-9H2,1-4H3. The van der Waals surface area contributed by atoms with Gasteiger partial charge in [-0.25, -0.2) is 0 Å². The third kappa shape index (κ3) is 4.08. The molecular formula is C18H27ClO3. The van der Waals surface area contributed by atoms with Crippen molar-refractivity contribution in [1.82, 2.24) is 0 Å². The summed E-state index contributed by atoms with van der Waals surface area (Å²) in [6.45, 7) is 9.55. The van der Waals surface area contributed by atoms with Crippen LogP contribution in [0.3, 0.4) is 0 Å². The Balaban J connectivity index is 2.23. The summed E-state index contributed by atoms with van der Waals surface area (Å²) in [6.07, 6.45) is 3.97. The van der Waals surface area contributed by atoms with Crippen LogP contribution in [-0.2, 0) is 4.74 Å². The van der Waals surface area contributed by atoms with Crippen LogP contribution in [0, 0.1) is 0 Å². The van der Waals surface area contributed by atoms with E-state index in [9.17, 15) is 0 Å². The van der Waals surface area contributed by atoms with E-state index in [1.165, 1.54) is 5.56 Å². The van der Waals surface area contributed by atoms with E-state index in [1.807, 2.05) is 26.0 Å². The van der Waals surface area contributed by atoms with Crippen molar-refractivity contribution in [2.45, 2.75) is 65.1 Å². The van der Waals surface area contributed by atoms with E-state index >= 15 is 0 Å². The van der Waals surface area contributed by atoms with Crippen molar-refractivity contribution in [2.24, 2.45) is 0 Å². The van der Waals surface area contributed by atoms with Crippen LogP contribution >= 0.6 is 11.6 Å². The Morgan fingerprint density at radius 2 is 1.73 bits per heavy atom. The largest absolute Gasteiger partial charge is 0.493 e. The number of ether oxygens (including phenoxy) is 3. The molecule has 3 atom stereocenters. The van der Waals surface area contributed by atoms with Crippen molar-refractivity contribution in [3.05, 3.63) is 22.7 Å². The fourth-order valence-corrected chi connectivity index (χ4v) is 3.18. The van der Waals surface area contributed by atoms with E-state index in [4.69, 9.17) is 25.8 Å². The number of rotatable bonds is 9. The average Bonchev–Trinajstić information content (AvgIpc) is 3.27. The van der Waals surface area contributed by atoms with Crippen LogP contribution in [0.1, 0.15) is 58.4 Å². The van der Waals surface area contributed by atoms with Crippen molar-refractivity contribution in [3.8, 4) is 11.5 Å². The van der Waals surface area contributed by atoms with Crippen LogP contribution in [0.15, 0.2) is 12.1 Å². The molecule has 2 rings (SSSR count). The molecule has 0 aromatic heterocycles. The minimum Gasteiger partial charge on any atom is -0.493 e. The van der Waals surface area contributed by atoms with Crippen molar-refractivity contribution >= 4 is 11.6 Å². The highest BCUT2D eigenvalue weighted by atomic mass is 35.5. The molecule has 3 nitrogen and oxygen atoms in total. The van der Waals surface area contributed by atoms with Gasteiger partial charge in [0.05, 0.1) is 30.4 Å². The minimum atomic E-state index is 0.384. The van der Waals surface area contributed by atoms with Gasteiger partial charge in [0.25, 0.3) is 0 Å². The maximum Gasteiger partial charge on any atom is 0.141 e. The van der Waals surface area contributed by atoms with E-state index in [0.29, 0.717) is 42.1 Å². The van der Waals surface area contributed by atoms with Gasteiger partial charge in [-0.1, -0.05) is 25.4 Å². The second-order valence-electron chi connectivity index (χ2n) is 5.65. The van der Waals surface area contributed by atoms with Gasteiger partial charge in [-0.05, 0) is 50.7 Å². The summed E-state index contributed by atoms with van der Waals surface area (Å²) in [5, 5.41) is 0.655. The maximum absolute atomic E-state index is 6.38. The van der Waals surface area contributed by atoms with Gasteiger partial charge < -0.3 is 14.2 Å². The fraction of sp³-hybridized carbons (Fsp3) is 0.667. The van der Waals surface area contributed by atoms with Crippen molar-refractivity contribution in [1.29, 1.82) is 0 Å². The number of benzene rings is 1. The van der Waals surface area contributed by atoms with Crippen molar-refractivity contribution in [2.75, 3.05) is 13.2 Å². The number of hydrogen-bond donors (Lipinski definition) is 0. The summed E-state index contributed by atoms with van der Waals surface area (Å²) in [5.41, 5.74) is 1.17. The van der Waals surface area contributed by atoms with Crippen LogP contribution in [0.4, 0.5) is 0 Å². The zero-order chi connectivity index (χ0) is 16.1. The lowest BCUT2D eigenvalue weighted by atomic mass is 9.90. The number of epoxide rings is 1. The molecule has 0 bridgehead atoms. The molecule has 1 fully saturated rings. The van der Waals surface area contributed by atoms with Gasteiger partial charge in [0.1, 0.15) is 11.5 Å². The molecule has 0 N–H and O–H groups in total. The quantitative estimate of drug-likeness (QED) is 0.584. The predicted octanol–water partition coefficient (Wildman–Crippen LogP) is 5.20. The number of halogens is 1. The summed E-state index contributed by atoms with van der Waals surface area (Å²) < 4.78 is 17.1. The Kier molecular flexibility index (Phi) is 6.39. The average molecular weight is 327 g/mol. The molecular weight excluding hydrogens is 300 g/mol. The van der Waals surface area contributed by atoms with Gasteiger partial charge in [0.2, 0.25) is 0 Å². The maximum atomic E-state index is 6.38. The van der Waals surface area contributed by atoms with Crippen LogP contribution in [0.2, 0.25) is 5.02 Å². The third-order valence-electron chi connectivity index (χ3n) is 4.20. The van der Waals surface area contributed by atoms with Crippen molar-refractivity contribution in [3.63, 3.8) is 0 Å². The molecule has 0 saturated carbocycles. The molecule has 124 valence electrons. The summed E-state index contributed by atoms with van der Waals surface area (Å²) in [6, 6.07) is 3.94. The molecule has 3 unspecified atom stereocenters. The highest BCUT2D eigenvalue weighted by Gasteiger charge is 2.39. The lowest BCUT2D eigenvalue weighted by molar-refractivity contribution is 0.315. The van der Waals surface area contributed by atoms with Gasteiger partial charge >= 0.3 is 0 Å². The second kappa shape index (κ2) is 8.07. The molecule has 1 aliphatic rings. The minimum absolute atomic E-state index is 0.384. The summed E-state index contributed by atoms with van der Waals surface area (Å²) in [5.74, 6) is 1.98. The van der Waals surface area contributed by atoms with Gasteiger partial charge in [0.15, 0.2) is 0 Å².